The molecule has 0 aromatic heterocycles. The minimum atomic E-state index is -1.76. The van der Waals surface area contributed by atoms with Gasteiger partial charge in [0.25, 0.3) is 0 Å². The van der Waals surface area contributed by atoms with Crippen LogP contribution < -0.4 is 0 Å². The van der Waals surface area contributed by atoms with Gasteiger partial charge in [-0.25, -0.2) is 0 Å². The molecule has 0 amide bonds. The number of rotatable bonds is 3. The lowest BCUT2D eigenvalue weighted by Gasteiger charge is -2.21. The van der Waals surface area contributed by atoms with Crippen molar-refractivity contribution in [3.63, 3.8) is 0 Å². The molecule has 0 aliphatic heterocycles. The largest absolute Gasteiger partial charge is 0.245 e. The maximum absolute atomic E-state index is 6.19. The molecule has 12 heavy (non-hydrogen) atoms. The summed E-state index contributed by atoms with van der Waals surface area (Å²) in [6.45, 7) is 8.63. The van der Waals surface area contributed by atoms with E-state index in [2.05, 4.69) is 68.5 Å². The first-order valence-electron chi connectivity index (χ1n) is 3.70. The van der Waals surface area contributed by atoms with Gasteiger partial charge in [-0.15, -0.1) is 37.8 Å². The van der Waals surface area contributed by atoms with Crippen molar-refractivity contribution < 1.29 is 0 Å². The summed E-state index contributed by atoms with van der Waals surface area (Å²) >= 11 is 12.0. The minimum Gasteiger partial charge on any atom is -0.149 e. The van der Waals surface area contributed by atoms with Crippen LogP contribution in [0.5, 0.6) is 0 Å². The van der Waals surface area contributed by atoms with E-state index in [1.165, 1.54) is 0 Å². The van der Waals surface area contributed by atoms with E-state index in [4.69, 9.17) is 11.1 Å². The van der Waals surface area contributed by atoms with Gasteiger partial charge in [0, 0.05) is 0 Å². The van der Waals surface area contributed by atoms with Crippen LogP contribution in [0, 0.1) is 11.5 Å². The molecule has 0 N–H and O–H groups in total. The molecule has 0 aliphatic rings. The Kier molecular flexibility index (Phi) is 6.15. The van der Waals surface area contributed by atoms with Crippen molar-refractivity contribution in [2.45, 2.75) is 26.4 Å². The third-order valence-electron chi connectivity index (χ3n) is 1.63. The van der Waals surface area contributed by atoms with Crippen LogP contribution in [0.15, 0.2) is 0 Å². The van der Waals surface area contributed by atoms with Crippen LogP contribution in [0.4, 0.5) is 0 Å². The molecule has 0 aromatic rings. The van der Waals surface area contributed by atoms with Crippen molar-refractivity contribution in [1.29, 1.82) is 0 Å². The lowest BCUT2D eigenvalue weighted by Crippen LogP contribution is -2.45. The zero-order valence-electron chi connectivity index (χ0n) is 7.42. The van der Waals surface area contributed by atoms with Crippen LogP contribution in [-0.2, 0) is 0 Å². The van der Waals surface area contributed by atoms with E-state index in [-0.39, 0.29) is 0 Å². The summed E-state index contributed by atoms with van der Waals surface area (Å²) in [4.78, 5) is 0. The maximum Gasteiger partial charge on any atom is 0.245 e. The summed E-state index contributed by atoms with van der Waals surface area (Å²) in [5, 5.41) is 0. The Morgan fingerprint density at radius 3 is 2.42 bits per heavy atom. The third kappa shape index (κ3) is 6.08. The normalized spacial score (nSPS) is 19.8. The molecular formula is C6H11BBrClISi2. The van der Waals surface area contributed by atoms with Gasteiger partial charge in [0.05, 0.1) is 7.94 Å². The first-order chi connectivity index (χ1) is 5.33. The fraction of sp³-hybridized carbons (Fsp3) is 0.667. The summed E-state index contributed by atoms with van der Waals surface area (Å²) in [5.74, 6) is 3.00. The number of hydrogen-bond donors (Lipinski definition) is 0. The Labute approximate surface area is 103 Å². The Morgan fingerprint density at radius 2 is 2.17 bits per heavy atom. The SMILES string of the molecule is CC#C[Si](C)([B][Si](Cl)(Br)I)CC. The molecule has 0 heterocycles. The molecule has 0 saturated carbocycles. The monoisotopic (exact) mass is 391 g/mol. The molecule has 2 unspecified atom stereocenters. The first-order valence-corrected chi connectivity index (χ1v) is 14.9. The Bertz CT molecular complexity index is 210. The third-order valence-corrected chi connectivity index (χ3v) is 13.6. The summed E-state index contributed by atoms with van der Waals surface area (Å²) in [6.07, 6.45) is 0. The second-order valence-corrected chi connectivity index (χ2v) is 27.2. The second kappa shape index (κ2) is 5.44. The average molecular weight is 392 g/mol. The Hall–Kier alpha value is 1.56. The highest BCUT2D eigenvalue weighted by atomic mass is 127. The van der Waals surface area contributed by atoms with Gasteiger partial charge in [-0.3, -0.25) is 0 Å². The molecular weight excluding hydrogens is 381 g/mol. The van der Waals surface area contributed by atoms with Gasteiger partial charge in [-0.1, -0.05) is 41.3 Å². The molecule has 0 fully saturated rings. The van der Waals surface area contributed by atoms with Crippen LogP contribution in [0.1, 0.15) is 13.8 Å². The molecule has 0 bridgehead atoms. The zero-order valence-corrected chi connectivity index (χ0v) is 13.9. The maximum atomic E-state index is 6.19. The van der Waals surface area contributed by atoms with Crippen molar-refractivity contribution >= 4 is 65.9 Å². The Morgan fingerprint density at radius 1 is 1.67 bits per heavy atom. The first kappa shape index (κ1) is 13.6. The highest BCUT2D eigenvalue weighted by molar-refractivity contribution is 14.1. The summed E-state index contributed by atoms with van der Waals surface area (Å²) in [6, 6.07) is 1.14. The standard InChI is InChI=1S/C6H11BBrClISi2/c1-4-6-11(3,5-2)7-12(8,9)10/h5H2,1-3H3. The molecule has 2 atom stereocenters. The van der Waals surface area contributed by atoms with Gasteiger partial charge in [0.2, 0.25) is 3.37 Å². The number of hydrogen-bond acceptors (Lipinski definition) is 0. The predicted molar refractivity (Wildman–Crippen MR) is 75.9 cm³/mol. The predicted octanol–water partition coefficient (Wildman–Crippen LogP) is 3.35. The van der Waals surface area contributed by atoms with E-state index in [0.717, 1.165) is 6.04 Å². The van der Waals surface area contributed by atoms with E-state index in [1.54, 1.807) is 0 Å². The highest BCUT2D eigenvalue weighted by Crippen LogP contribution is 2.27. The molecule has 67 valence electrons. The molecule has 0 aliphatic carbocycles. The minimum absolute atomic E-state index is 1.14. The van der Waals surface area contributed by atoms with Crippen LogP contribution in [0.3, 0.4) is 0 Å². The van der Waals surface area contributed by atoms with Crippen molar-refractivity contribution in [2.75, 3.05) is 0 Å². The molecule has 0 nitrogen and oxygen atoms in total. The molecule has 0 aromatic carbocycles. The van der Waals surface area contributed by atoms with Crippen LogP contribution in [0.2, 0.25) is 12.6 Å². The van der Waals surface area contributed by atoms with Gasteiger partial charge in [-0.05, 0) is 6.92 Å². The lowest BCUT2D eigenvalue weighted by molar-refractivity contribution is 1.42. The van der Waals surface area contributed by atoms with Gasteiger partial charge >= 0.3 is 0 Å². The van der Waals surface area contributed by atoms with Crippen LogP contribution in [-0.4, -0.2) is 17.8 Å². The molecule has 0 rings (SSSR count). The molecule has 1 radical (unpaired) electrons. The van der Waals surface area contributed by atoms with Crippen molar-refractivity contribution in [3.05, 3.63) is 0 Å². The molecule has 0 spiro atoms. The van der Waals surface area contributed by atoms with Gasteiger partial charge in [0.15, 0.2) is 6.46 Å². The van der Waals surface area contributed by atoms with Crippen molar-refractivity contribution in [2.24, 2.45) is 0 Å². The lowest BCUT2D eigenvalue weighted by atomic mass is 10.7. The van der Waals surface area contributed by atoms with E-state index in [9.17, 15) is 0 Å². The summed E-state index contributed by atoms with van der Waals surface area (Å²) < 4.78 is -1.76. The smallest absolute Gasteiger partial charge is 0.149 e. The fourth-order valence-electron chi connectivity index (χ4n) is 0.873. The van der Waals surface area contributed by atoms with Crippen molar-refractivity contribution in [3.8, 4) is 11.5 Å². The van der Waals surface area contributed by atoms with Gasteiger partial charge in [-0.2, -0.15) is 0 Å². The van der Waals surface area contributed by atoms with Crippen LogP contribution >= 0.6 is 48.2 Å². The average Bonchev–Trinajstić information content (AvgIpc) is 1.84. The molecule has 0 saturated heterocycles. The fourth-order valence-corrected chi connectivity index (χ4v) is 18.5. The van der Waals surface area contributed by atoms with E-state index < -0.39 is 11.3 Å². The summed E-state index contributed by atoms with van der Waals surface area (Å²) in [5.41, 5.74) is 3.31. The second-order valence-electron chi connectivity index (χ2n) is 2.83. The Balaban J connectivity index is 4.42. The van der Waals surface area contributed by atoms with E-state index >= 15 is 0 Å². The number of halogens is 3. The molecule has 6 heteroatoms. The zero-order chi connectivity index (χ0) is 9.83. The quantitative estimate of drug-likeness (QED) is 0.299. The topological polar surface area (TPSA) is 0 Å². The highest BCUT2D eigenvalue weighted by Gasteiger charge is 2.36. The van der Waals surface area contributed by atoms with Crippen LogP contribution in [0.25, 0.3) is 0 Å². The van der Waals surface area contributed by atoms with E-state index in [1.807, 2.05) is 6.92 Å². The van der Waals surface area contributed by atoms with Crippen molar-refractivity contribution in [1.82, 2.24) is 0 Å². The van der Waals surface area contributed by atoms with Gasteiger partial charge < -0.3 is 0 Å². The summed E-state index contributed by atoms with van der Waals surface area (Å²) in [7, 11) is -1.47. The van der Waals surface area contributed by atoms with E-state index in [0.29, 0.717) is 0 Å². The van der Waals surface area contributed by atoms with Gasteiger partial charge in [0.1, 0.15) is 0 Å².